The predicted molar refractivity (Wildman–Crippen MR) is 124 cm³/mol. The van der Waals surface area contributed by atoms with Crippen molar-refractivity contribution in [2.45, 2.75) is 70.1 Å². The van der Waals surface area contributed by atoms with Gasteiger partial charge in [0.05, 0.1) is 11.6 Å². The molecule has 0 spiro atoms. The average molecular weight is 435 g/mol. The van der Waals surface area contributed by atoms with E-state index < -0.39 is 0 Å². The molecule has 1 amide bonds. The summed E-state index contributed by atoms with van der Waals surface area (Å²) in [4.78, 5) is 19.0. The third-order valence-electron chi connectivity index (χ3n) is 7.33. The number of fused-ring (bicyclic) bond motifs is 3. The Morgan fingerprint density at radius 1 is 1.09 bits per heavy atom. The van der Waals surface area contributed by atoms with Crippen molar-refractivity contribution in [3.05, 3.63) is 65.7 Å². The maximum atomic E-state index is 14.3. The predicted octanol–water partition coefficient (Wildman–Crippen LogP) is 4.92. The lowest BCUT2D eigenvalue weighted by Gasteiger charge is -2.40. The lowest BCUT2D eigenvalue weighted by molar-refractivity contribution is -0.119. The van der Waals surface area contributed by atoms with Crippen LogP contribution in [-0.4, -0.2) is 39.0 Å². The first-order chi connectivity index (χ1) is 15.5. The van der Waals surface area contributed by atoms with E-state index in [1.54, 1.807) is 13.0 Å². The molecule has 2 aromatic carbocycles. The normalized spacial score (nSPS) is 24.0. The number of amides is 1. The summed E-state index contributed by atoms with van der Waals surface area (Å²) in [6.45, 7) is 4.55. The number of aromatic nitrogens is 2. The Kier molecular flexibility index (Phi) is 5.72. The summed E-state index contributed by atoms with van der Waals surface area (Å²) in [5.41, 5.74) is 2.56. The number of nitrogens with one attached hydrogen (secondary N) is 1. The van der Waals surface area contributed by atoms with Gasteiger partial charge in [-0.2, -0.15) is 0 Å². The Morgan fingerprint density at radius 2 is 1.81 bits per heavy atom. The van der Waals surface area contributed by atoms with Gasteiger partial charge in [0.25, 0.3) is 0 Å². The fourth-order valence-corrected chi connectivity index (χ4v) is 6.01. The Labute approximate surface area is 188 Å². The minimum atomic E-state index is -0.241. The van der Waals surface area contributed by atoms with E-state index in [-0.39, 0.29) is 17.8 Å². The van der Waals surface area contributed by atoms with Gasteiger partial charge in [-0.05, 0) is 56.7 Å². The van der Waals surface area contributed by atoms with E-state index in [0.29, 0.717) is 23.6 Å². The number of piperidine rings is 1. The Hall–Kier alpha value is -2.73. The molecule has 5 nitrogen and oxygen atoms in total. The molecule has 2 fully saturated rings. The van der Waals surface area contributed by atoms with Gasteiger partial charge in [-0.3, -0.25) is 9.69 Å². The molecule has 0 aliphatic carbocycles. The monoisotopic (exact) mass is 434 g/mol. The van der Waals surface area contributed by atoms with E-state index in [1.165, 1.54) is 18.9 Å². The first-order valence-corrected chi connectivity index (χ1v) is 11.7. The van der Waals surface area contributed by atoms with Crippen molar-refractivity contribution in [1.82, 2.24) is 19.8 Å². The van der Waals surface area contributed by atoms with Crippen LogP contribution in [0.2, 0.25) is 0 Å². The van der Waals surface area contributed by atoms with E-state index in [4.69, 9.17) is 0 Å². The maximum absolute atomic E-state index is 14.3. The molecule has 1 aromatic heterocycles. The molecule has 2 aliphatic heterocycles. The van der Waals surface area contributed by atoms with Gasteiger partial charge in [-0.25, -0.2) is 9.37 Å². The number of hydrogen-bond donors (Lipinski definition) is 1. The first kappa shape index (κ1) is 21.1. The van der Waals surface area contributed by atoms with Gasteiger partial charge in [0.1, 0.15) is 11.3 Å². The third-order valence-corrected chi connectivity index (χ3v) is 7.33. The van der Waals surface area contributed by atoms with Gasteiger partial charge in [0, 0.05) is 31.6 Å². The molecule has 168 valence electrons. The highest BCUT2D eigenvalue weighted by Gasteiger charge is 2.41. The van der Waals surface area contributed by atoms with Crippen LogP contribution in [0.1, 0.15) is 62.5 Å². The summed E-state index contributed by atoms with van der Waals surface area (Å²) in [7, 11) is 0. The molecule has 6 heteroatoms. The van der Waals surface area contributed by atoms with Crippen molar-refractivity contribution in [3.63, 3.8) is 0 Å². The second-order valence-electron chi connectivity index (χ2n) is 9.34. The third kappa shape index (κ3) is 3.92. The minimum Gasteiger partial charge on any atom is -0.349 e. The second kappa shape index (κ2) is 8.66. The number of aryl methyl sites for hydroxylation is 1. The van der Waals surface area contributed by atoms with Crippen LogP contribution in [0.15, 0.2) is 48.5 Å². The number of benzene rings is 2. The number of imidazole rings is 1. The quantitative estimate of drug-likeness (QED) is 0.599. The molecule has 2 saturated heterocycles. The largest absolute Gasteiger partial charge is 0.349 e. The molecule has 3 aromatic rings. The Balaban J connectivity index is 1.31. The lowest BCUT2D eigenvalue weighted by Crippen LogP contribution is -2.44. The molecule has 0 saturated carbocycles. The molecule has 3 heterocycles. The molecule has 32 heavy (non-hydrogen) atoms. The second-order valence-corrected chi connectivity index (χ2v) is 9.34. The van der Waals surface area contributed by atoms with Gasteiger partial charge < -0.3 is 9.88 Å². The van der Waals surface area contributed by atoms with Gasteiger partial charge >= 0.3 is 0 Å². The molecule has 2 aliphatic rings. The number of carbonyl (C=O) groups excluding carboxylic acids is 1. The van der Waals surface area contributed by atoms with Crippen LogP contribution in [0.5, 0.6) is 0 Å². The van der Waals surface area contributed by atoms with Crippen molar-refractivity contribution >= 4 is 16.9 Å². The molecule has 0 radical (unpaired) electrons. The molecule has 4 atom stereocenters. The zero-order valence-corrected chi connectivity index (χ0v) is 18.8. The molecular weight excluding hydrogens is 403 g/mol. The fraction of sp³-hybridized carbons (Fsp3) is 0.462. The number of halogens is 1. The van der Waals surface area contributed by atoms with Crippen LogP contribution in [0, 0.1) is 12.7 Å². The highest BCUT2D eigenvalue weighted by atomic mass is 19.1. The fourth-order valence-electron chi connectivity index (χ4n) is 6.01. The van der Waals surface area contributed by atoms with Crippen molar-refractivity contribution in [3.8, 4) is 0 Å². The first-order valence-electron chi connectivity index (χ1n) is 11.7. The van der Waals surface area contributed by atoms with E-state index in [1.807, 2.05) is 31.2 Å². The number of nitrogens with zero attached hydrogens (tertiary/aromatic N) is 3. The van der Waals surface area contributed by atoms with Gasteiger partial charge in [0.15, 0.2) is 5.82 Å². The van der Waals surface area contributed by atoms with E-state index in [2.05, 4.69) is 31.9 Å². The summed E-state index contributed by atoms with van der Waals surface area (Å²) in [5.74, 6) is 0.669. The van der Waals surface area contributed by atoms with Crippen LogP contribution in [0.4, 0.5) is 4.39 Å². The summed E-state index contributed by atoms with van der Waals surface area (Å²) in [5, 5.41) is 3.14. The van der Waals surface area contributed by atoms with Gasteiger partial charge in [0.2, 0.25) is 5.91 Å². The summed E-state index contributed by atoms with van der Waals surface area (Å²) >= 11 is 0. The SMILES string of the molecule is CC(=O)N[C@@H](CCN1[C@@H]2CC[C@H]1CC(n1c(C)nc3c(F)cccc31)C2)c1ccccc1. The van der Waals surface area contributed by atoms with Crippen molar-refractivity contribution in [2.75, 3.05) is 6.54 Å². The van der Waals surface area contributed by atoms with Crippen molar-refractivity contribution < 1.29 is 9.18 Å². The average Bonchev–Trinajstić information content (AvgIpc) is 3.24. The van der Waals surface area contributed by atoms with Gasteiger partial charge in [-0.1, -0.05) is 36.4 Å². The highest BCUT2D eigenvalue weighted by Crippen LogP contribution is 2.42. The summed E-state index contributed by atoms with van der Waals surface area (Å²) in [6, 6.07) is 17.0. The molecule has 1 unspecified atom stereocenters. The number of hydrogen-bond acceptors (Lipinski definition) is 3. The van der Waals surface area contributed by atoms with Crippen LogP contribution in [0.3, 0.4) is 0 Å². The van der Waals surface area contributed by atoms with E-state index >= 15 is 0 Å². The molecular formula is C26H31FN4O. The smallest absolute Gasteiger partial charge is 0.217 e. The molecule has 1 N–H and O–H groups in total. The lowest BCUT2D eigenvalue weighted by atomic mass is 9.95. The standard InChI is InChI=1S/C26H31FN4O/c1-17-28-26-23(27)9-6-10-25(26)31(17)22-15-20-11-12-21(16-22)30(20)14-13-24(29-18(2)32)19-7-4-3-5-8-19/h3-10,20-22,24H,11-16H2,1-2H3,(H,29,32)/t20-,21+,22?,24-/m0/s1. The Morgan fingerprint density at radius 3 is 2.50 bits per heavy atom. The van der Waals surface area contributed by atoms with Crippen molar-refractivity contribution in [2.24, 2.45) is 0 Å². The number of carbonyl (C=O) groups is 1. The number of para-hydroxylation sites is 1. The van der Waals surface area contributed by atoms with Crippen molar-refractivity contribution in [1.29, 1.82) is 0 Å². The summed E-state index contributed by atoms with van der Waals surface area (Å²) < 4.78 is 16.5. The van der Waals surface area contributed by atoms with Gasteiger partial charge in [-0.15, -0.1) is 0 Å². The topological polar surface area (TPSA) is 50.2 Å². The summed E-state index contributed by atoms with van der Waals surface area (Å²) in [6.07, 6.45) is 5.44. The molecule has 2 bridgehead atoms. The highest BCUT2D eigenvalue weighted by molar-refractivity contribution is 5.77. The zero-order chi connectivity index (χ0) is 22.2. The maximum Gasteiger partial charge on any atom is 0.217 e. The van der Waals surface area contributed by atoms with E-state index in [0.717, 1.165) is 42.7 Å². The van der Waals surface area contributed by atoms with E-state index in [9.17, 15) is 9.18 Å². The Bertz CT molecular complexity index is 1100. The van der Waals surface area contributed by atoms with Crippen LogP contribution in [-0.2, 0) is 4.79 Å². The zero-order valence-electron chi connectivity index (χ0n) is 18.8. The number of rotatable bonds is 6. The minimum absolute atomic E-state index is 0.00947. The van der Waals surface area contributed by atoms with Crippen LogP contribution in [0.25, 0.3) is 11.0 Å². The van der Waals surface area contributed by atoms with Crippen LogP contribution < -0.4 is 5.32 Å². The molecule has 5 rings (SSSR count). The van der Waals surface area contributed by atoms with Crippen LogP contribution >= 0.6 is 0 Å².